The highest BCUT2D eigenvalue weighted by Gasteiger charge is 2.35. The largest absolute Gasteiger partial charge is 0.444 e. The maximum atomic E-state index is 12.7. The van der Waals surface area contributed by atoms with Crippen LogP contribution in [0, 0.1) is 11.3 Å². The van der Waals surface area contributed by atoms with E-state index in [4.69, 9.17) is 10.00 Å². The van der Waals surface area contributed by atoms with Gasteiger partial charge in [-0.05, 0) is 38.3 Å². The number of amides is 2. The molecule has 7 heteroatoms. The summed E-state index contributed by atoms with van der Waals surface area (Å²) in [5.41, 5.74) is 1.67. The molecule has 0 aliphatic carbocycles. The second-order valence-corrected chi connectivity index (χ2v) is 8.76. The number of nitrogens with zero attached hydrogens (tertiary/aromatic N) is 3. The topological polar surface area (TPSA) is 73.6 Å². The maximum absolute atomic E-state index is 12.7. The van der Waals surface area contributed by atoms with Gasteiger partial charge >= 0.3 is 6.09 Å². The molecule has 152 valence electrons. The first-order chi connectivity index (χ1) is 13.2. The van der Waals surface area contributed by atoms with Gasteiger partial charge in [0, 0.05) is 19.6 Å². The van der Waals surface area contributed by atoms with Crippen LogP contribution >= 0.6 is 11.8 Å². The number of thioether (sulfide) groups is 1. The molecule has 28 heavy (non-hydrogen) atoms. The van der Waals surface area contributed by atoms with Gasteiger partial charge in [0.2, 0.25) is 5.91 Å². The highest BCUT2D eigenvalue weighted by molar-refractivity contribution is 8.00. The van der Waals surface area contributed by atoms with E-state index >= 15 is 0 Å². The van der Waals surface area contributed by atoms with Crippen molar-refractivity contribution in [1.82, 2.24) is 9.80 Å². The van der Waals surface area contributed by atoms with Crippen molar-refractivity contribution < 1.29 is 14.3 Å². The molecule has 0 N–H and O–H groups in total. The van der Waals surface area contributed by atoms with Crippen molar-refractivity contribution in [3.05, 3.63) is 35.4 Å². The fraction of sp³-hybridized carbons (Fsp3) is 0.571. The molecule has 1 aromatic carbocycles. The first kappa shape index (κ1) is 22.1. The van der Waals surface area contributed by atoms with E-state index in [0.29, 0.717) is 25.4 Å². The third kappa shape index (κ3) is 6.16. The Kier molecular flexibility index (Phi) is 7.76. The van der Waals surface area contributed by atoms with Crippen molar-refractivity contribution in [2.45, 2.75) is 45.8 Å². The van der Waals surface area contributed by atoms with Crippen LogP contribution in [0.2, 0.25) is 0 Å². The van der Waals surface area contributed by atoms with E-state index in [-0.39, 0.29) is 23.8 Å². The Balaban J connectivity index is 2.19. The lowest BCUT2D eigenvalue weighted by molar-refractivity contribution is -0.133. The second-order valence-electron chi connectivity index (χ2n) is 7.78. The summed E-state index contributed by atoms with van der Waals surface area (Å²) in [4.78, 5) is 28.8. The number of aryl methyl sites for hydroxylation is 1. The van der Waals surface area contributed by atoms with Crippen molar-refractivity contribution in [2.24, 2.45) is 0 Å². The minimum Gasteiger partial charge on any atom is -0.444 e. The van der Waals surface area contributed by atoms with Gasteiger partial charge in [0.15, 0.2) is 0 Å². The normalized spacial score (nSPS) is 17.2. The third-order valence-corrected chi connectivity index (χ3v) is 5.30. The van der Waals surface area contributed by atoms with Crippen molar-refractivity contribution in [2.75, 3.05) is 31.1 Å². The number of piperazine rings is 1. The lowest BCUT2D eigenvalue weighted by Gasteiger charge is -2.42. The van der Waals surface area contributed by atoms with Crippen LogP contribution < -0.4 is 0 Å². The number of benzene rings is 1. The lowest BCUT2D eigenvalue weighted by atomic mass is 10.00. The van der Waals surface area contributed by atoms with Gasteiger partial charge in [-0.3, -0.25) is 4.79 Å². The van der Waals surface area contributed by atoms with Gasteiger partial charge in [-0.25, -0.2) is 4.79 Å². The van der Waals surface area contributed by atoms with Crippen molar-refractivity contribution in [3.63, 3.8) is 0 Å². The monoisotopic (exact) mass is 403 g/mol. The molecule has 1 saturated heterocycles. The lowest BCUT2D eigenvalue weighted by Crippen LogP contribution is -2.53. The molecule has 1 aliphatic heterocycles. The summed E-state index contributed by atoms with van der Waals surface area (Å²) in [5.74, 6) is 0.553. The van der Waals surface area contributed by atoms with Crippen LogP contribution in [0.1, 0.15) is 44.9 Å². The molecule has 0 spiro atoms. The molecule has 1 aromatic rings. The molecule has 2 amide bonds. The molecule has 0 saturated carbocycles. The first-order valence-corrected chi connectivity index (χ1v) is 10.7. The maximum Gasteiger partial charge on any atom is 0.410 e. The molecular weight excluding hydrogens is 374 g/mol. The number of hydrogen-bond acceptors (Lipinski definition) is 5. The van der Waals surface area contributed by atoms with E-state index in [1.807, 2.05) is 43.9 Å². The highest BCUT2D eigenvalue weighted by atomic mass is 32.2. The van der Waals surface area contributed by atoms with Gasteiger partial charge in [-0.15, -0.1) is 11.8 Å². The van der Waals surface area contributed by atoms with Gasteiger partial charge in [0.1, 0.15) is 5.60 Å². The summed E-state index contributed by atoms with van der Waals surface area (Å²) in [6.45, 7) is 8.92. The van der Waals surface area contributed by atoms with E-state index in [1.165, 1.54) is 17.3 Å². The number of rotatable bonds is 5. The first-order valence-electron chi connectivity index (χ1n) is 9.56. The molecule has 1 fully saturated rings. The van der Waals surface area contributed by atoms with Crippen molar-refractivity contribution in [1.29, 1.82) is 5.26 Å². The van der Waals surface area contributed by atoms with E-state index in [1.54, 1.807) is 4.90 Å². The van der Waals surface area contributed by atoms with Gasteiger partial charge in [-0.1, -0.05) is 31.2 Å². The van der Waals surface area contributed by atoms with Crippen LogP contribution in [0.25, 0.3) is 0 Å². The third-order valence-electron chi connectivity index (χ3n) is 4.52. The molecule has 2 rings (SSSR count). The number of hydrogen-bond donors (Lipinski definition) is 0. The number of nitriles is 1. The fourth-order valence-corrected chi connectivity index (χ4v) is 3.64. The van der Waals surface area contributed by atoms with Crippen molar-refractivity contribution in [3.8, 4) is 6.07 Å². The van der Waals surface area contributed by atoms with E-state index in [2.05, 4.69) is 19.1 Å². The fourth-order valence-electron chi connectivity index (χ4n) is 3.10. The Labute approximate surface area is 171 Å². The van der Waals surface area contributed by atoms with Gasteiger partial charge in [-0.2, -0.15) is 5.26 Å². The smallest absolute Gasteiger partial charge is 0.410 e. The zero-order valence-corrected chi connectivity index (χ0v) is 17.9. The Hall–Kier alpha value is -2.20. The molecular formula is C21H29N3O3S. The van der Waals surface area contributed by atoms with E-state index in [0.717, 1.165) is 12.0 Å². The quantitative estimate of drug-likeness (QED) is 0.702. The molecule has 0 aromatic heterocycles. The van der Waals surface area contributed by atoms with Crippen LogP contribution in [0.15, 0.2) is 24.3 Å². The minimum absolute atomic E-state index is 0.00587. The van der Waals surface area contributed by atoms with E-state index in [9.17, 15) is 9.59 Å². The summed E-state index contributed by atoms with van der Waals surface area (Å²) in [6, 6.07) is 10.0. The molecule has 6 nitrogen and oxygen atoms in total. The Morgan fingerprint density at radius 1 is 1.25 bits per heavy atom. The molecule has 1 heterocycles. The number of carbonyl (C=O) groups excluding carboxylic acids is 2. The molecule has 1 atom stereocenters. The predicted molar refractivity (Wildman–Crippen MR) is 111 cm³/mol. The Morgan fingerprint density at radius 3 is 2.50 bits per heavy atom. The van der Waals surface area contributed by atoms with Crippen molar-refractivity contribution >= 4 is 23.8 Å². The molecule has 1 unspecified atom stereocenters. The highest BCUT2D eigenvalue weighted by Crippen LogP contribution is 2.28. The van der Waals surface area contributed by atoms with Crippen LogP contribution in [-0.4, -0.2) is 58.5 Å². The summed E-state index contributed by atoms with van der Waals surface area (Å²) in [5, 5.41) is 8.70. The van der Waals surface area contributed by atoms with E-state index < -0.39 is 5.60 Å². The van der Waals surface area contributed by atoms with Crippen LogP contribution in [0.5, 0.6) is 0 Å². The van der Waals surface area contributed by atoms with Crippen LogP contribution in [0.3, 0.4) is 0 Å². The predicted octanol–water partition coefficient (Wildman–Crippen LogP) is 3.63. The van der Waals surface area contributed by atoms with Crippen LogP contribution in [0.4, 0.5) is 4.79 Å². The summed E-state index contributed by atoms with van der Waals surface area (Å²) in [7, 11) is 0. The average molecular weight is 404 g/mol. The molecule has 1 aliphatic rings. The summed E-state index contributed by atoms with van der Waals surface area (Å²) in [6.07, 6.45) is 0.594. The summed E-state index contributed by atoms with van der Waals surface area (Å²) < 4.78 is 5.52. The Bertz CT molecular complexity index is 722. The van der Waals surface area contributed by atoms with Gasteiger partial charge in [0.05, 0.1) is 23.6 Å². The molecule has 0 bridgehead atoms. The SMILES string of the molecule is CCc1ccc(C2CN(C(=O)OC(C)(C)C)CCN2C(=O)CSCC#N)cc1. The van der Waals surface area contributed by atoms with Gasteiger partial charge < -0.3 is 14.5 Å². The summed E-state index contributed by atoms with van der Waals surface area (Å²) >= 11 is 1.32. The van der Waals surface area contributed by atoms with Crippen LogP contribution in [-0.2, 0) is 16.0 Å². The standard InChI is InChI=1S/C21H29N3O3S/c1-5-16-6-8-17(9-7-16)18-14-23(20(26)27-21(2,3)4)11-12-24(18)19(25)15-28-13-10-22/h6-9,18H,5,11-15H2,1-4H3. The zero-order chi connectivity index (χ0) is 20.7. The average Bonchev–Trinajstić information content (AvgIpc) is 2.66. The minimum atomic E-state index is -0.559. The Morgan fingerprint density at radius 2 is 1.93 bits per heavy atom. The molecule has 0 radical (unpaired) electrons. The zero-order valence-electron chi connectivity index (χ0n) is 17.1. The number of carbonyl (C=O) groups is 2. The number of ether oxygens (including phenoxy) is 1. The second kappa shape index (κ2) is 9.83. The van der Waals surface area contributed by atoms with Gasteiger partial charge in [0.25, 0.3) is 0 Å².